The van der Waals surface area contributed by atoms with Crippen LogP contribution >= 0.6 is 11.8 Å². The van der Waals surface area contributed by atoms with Crippen LogP contribution in [-0.4, -0.2) is 33.6 Å². The fraction of sp³-hybridized carbons (Fsp3) is 0.250. The third-order valence-corrected chi connectivity index (χ3v) is 5.60. The molecule has 2 atom stereocenters. The summed E-state index contributed by atoms with van der Waals surface area (Å²) in [6.45, 7) is 3.71. The number of thioether (sulfide) groups is 1. The van der Waals surface area contributed by atoms with Gasteiger partial charge in [-0.3, -0.25) is 9.59 Å². The molecule has 0 bridgehead atoms. The van der Waals surface area contributed by atoms with Gasteiger partial charge in [-0.1, -0.05) is 12.1 Å². The van der Waals surface area contributed by atoms with E-state index in [1.807, 2.05) is 31.2 Å². The first-order valence-corrected chi connectivity index (χ1v) is 10.0. The fourth-order valence-electron chi connectivity index (χ4n) is 2.93. The molecule has 1 aromatic heterocycles. The van der Waals surface area contributed by atoms with E-state index >= 15 is 0 Å². The molecule has 0 radical (unpaired) electrons. The van der Waals surface area contributed by atoms with Crippen molar-refractivity contribution in [3.8, 4) is 5.75 Å². The van der Waals surface area contributed by atoms with Gasteiger partial charge in [0.1, 0.15) is 11.6 Å². The number of carbonyl (C=O) groups is 2. The van der Waals surface area contributed by atoms with Gasteiger partial charge < -0.3 is 20.4 Å². The van der Waals surface area contributed by atoms with E-state index in [-0.39, 0.29) is 22.8 Å². The summed E-state index contributed by atoms with van der Waals surface area (Å²) in [5.41, 5.74) is 3.08. The van der Waals surface area contributed by atoms with E-state index in [0.29, 0.717) is 17.1 Å². The molecule has 3 N–H and O–H groups in total. The second-order valence-electron chi connectivity index (χ2n) is 6.60. The van der Waals surface area contributed by atoms with Crippen LogP contribution in [0.5, 0.6) is 5.75 Å². The number of imidazole rings is 1. The maximum atomic E-state index is 12.3. The van der Waals surface area contributed by atoms with Gasteiger partial charge in [-0.05, 0) is 44.2 Å². The molecule has 3 aromatic rings. The molecule has 0 saturated heterocycles. The van der Waals surface area contributed by atoms with E-state index in [1.165, 1.54) is 11.8 Å². The number of H-pyrrole nitrogens is 1. The number of anilines is 2. The smallest absolute Gasteiger partial charge is 0.265 e. The standard InChI is InChI=1S/C20H20N4O3S/c1-11-20(26)24-16-9-13(7-8-17(16)27-11)21-18(25)10-28-12(2)19-22-14-5-3-4-6-15(14)23-19/h3-9,11-12H,10H2,1-2H3,(H,21,25)(H,22,23)(H,24,26). The minimum atomic E-state index is -0.524. The largest absolute Gasteiger partial charge is 0.479 e. The predicted octanol–water partition coefficient (Wildman–Crippen LogP) is 3.72. The van der Waals surface area contributed by atoms with Crippen LogP contribution in [0.4, 0.5) is 11.4 Å². The molecule has 0 aliphatic carbocycles. The number of hydrogen-bond acceptors (Lipinski definition) is 5. The highest BCUT2D eigenvalue weighted by atomic mass is 32.2. The normalized spacial score (nSPS) is 16.8. The first kappa shape index (κ1) is 18.4. The van der Waals surface area contributed by atoms with E-state index in [9.17, 15) is 9.59 Å². The Morgan fingerprint density at radius 2 is 2.14 bits per heavy atom. The first-order chi connectivity index (χ1) is 13.5. The summed E-state index contributed by atoms with van der Waals surface area (Å²) in [5, 5.41) is 5.68. The van der Waals surface area contributed by atoms with Crippen LogP contribution in [-0.2, 0) is 9.59 Å². The van der Waals surface area contributed by atoms with E-state index < -0.39 is 6.10 Å². The van der Waals surface area contributed by atoms with Gasteiger partial charge in [-0.25, -0.2) is 4.98 Å². The van der Waals surface area contributed by atoms with Gasteiger partial charge in [0.15, 0.2) is 6.10 Å². The second-order valence-corrected chi connectivity index (χ2v) is 7.93. The molecule has 8 heteroatoms. The molecule has 2 aromatic carbocycles. The number of nitrogens with one attached hydrogen (secondary N) is 3. The van der Waals surface area contributed by atoms with Crippen molar-refractivity contribution in [2.45, 2.75) is 25.2 Å². The Hall–Kier alpha value is -3.00. The number of hydrogen-bond donors (Lipinski definition) is 3. The molecule has 0 spiro atoms. The Morgan fingerprint density at radius 3 is 2.96 bits per heavy atom. The maximum Gasteiger partial charge on any atom is 0.265 e. The molecule has 1 aliphatic rings. The Kier molecular flexibility index (Phi) is 4.95. The number of fused-ring (bicyclic) bond motifs is 2. The fourth-order valence-corrected chi connectivity index (χ4v) is 3.67. The van der Waals surface area contributed by atoms with Crippen molar-refractivity contribution in [3.63, 3.8) is 0 Å². The van der Waals surface area contributed by atoms with E-state index in [0.717, 1.165) is 16.9 Å². The van der Waals surface area contributed by atoms with E-state index in [2.05, 4.69) is 20.6 Å². The number of carbonyl (C=O) groups excluding carboxylic acids is 2. The lowest BCUT2D eigenvalue weighted by Crippen LogP contribution is -2.34. The number of aromatic amines is 1. The number of rotatable bonds is 5. The van der Waals surface area contributed by atoms with Crippen LogP contribution in [0, 0.1) is 0 Å². The SMILES string of the molecule is CC1Oc2ccc(NC(=O)CSC(C)c3nc4ccccc4[nH]3)cc2NC1=O. The van der Waals surface area contributed by atoms with Gasteiger partial charge in [-0.15, -0.1) is 11.8 Å². The van der Waals surface area contributed by atoms with Crippen LogP contribution in [0.2, 0.25) is 0 Å². The average molecular weight is 396 g/mol. The molecule has 4 rings (SSSR count). The molecule has 2 amide bonds. The van der Waals surface area contributed by atoms with Crippen molar-refractivity contribution in [2.75, 3.05) is 16.4 Å². The molecular formula is C20H20N4O3S. The van der Waals surface area contributed by atoms with E-state index in [4.69, 9.17) is 4.74 Å². The predicted molar refractivity (Wildman–Crippen MR) is 111 cm³/mol. The highest BCUT2D eigenvalue weighted by Gasteiger charge is 2.23. The Bertz CT molecular complexity index is 1020. The molecule has 0 fully saturated rings. The molecule has 2 unspecified atom stereocenters. The molecule has 0 saturated carbocycles. The molecule has 28 heavy (non-hydrogen) atoms. The topological polar surface area (TPSA) is 96.1 Å². The molecule has 1 aliphatic heterocycles. The Balaban J connectivity index is 1.35. The van der Waals surface area contributed by atoms with Crippen LogP contribution < -0.4 is 15.4 Å². The second kappa shape index (κ2) is 7.55. The van der Waals surface area contributed by atoms with Crippen molar-refractivity contribution in [3.05, 3.63) is 48.3 Å². The summed E-state index contributed by atoms with van der Waals surface area (Å²) in [6, 6.07) is 13.0. The highest BCUT2D eigenvalue weighted by Crippen LogP contribution is 2.32. The highest BCUT2D eigenvalue weighted by molar-refractivity contribution is 8.00. The zero-order valence-electron chi connectivity index (χ0n) is 15.5. The Morgan fingerprint density at radius 1 is 1.32 bits per heavy atom. The quantitative estimate of drug-likeness (QED) is 0.611. The number of ether oxygens (including phenoxy) is 1. The zero-order chi connectivity index (χ0) is 19.7. The molecule has 2 heterocycles. The van der Waals surface area contributed by atoms with Crippen molar-refractivity contribution in [1.82, 2.24) is 9.97 Å². The summed E-state index contributed by atoms with van der Waals surface area (Å²) < 4.78 is 5.52. The average Bonchev–Trinajstić information content (AvgIpc) is 3.11. The van der Waals surface area contributed by atoms with Crippen LogP contribution in [0.25, 0.3) is 11.0 Å². The number of aromatic nitrogens is 2. The van der Waals surface area contributed by atoms with Crippen molar-refractivity contribution < 1.29 is 14.3 Å². The summed E-state index contributed by atoms with van der Waals surface area (Å²) in [7, 11) is 0. The molecule has 144 valence electrons. The third-order valence-electron chi connectivity index (χ3n) is 4.45. The number of nitrogens with zero attached hydrogens (tertiary/aromatic N) is 1. The maximum absolute atomic E-state index is 12.3. The molecular weight excluding hydrogens is 376 g/mol. The minimum Gasteiger partial charge on any atom is -0.479 e. The van der Waals surface area contributed by atoms with Crippen molar-refractivity contribution >= 4 is 46.0 Å². The van der Waals surface area contributed by atoms with Gasteiger partial charge in [0, 0.05) is 5.69 Å². The third kappa shape index (κ3) is 3.82. The van der Waals surface area contributed by atoms with Crippen LogP contribution in [0.15, 0.2) is 42.5 Å². The van der Waals surface area contributed by atoms with Crippen LogP contribution in [0.1, 0.15) is 24.9 Å². The van der Waals surface area contributed by atoms with Crippen molar-refractivity contribution in [2.24, 2.45) is 0 Å². The monoisotopic (exact) mass is 396 g/mol. The summed E-state index contributed by atoms with van der Waals surface area (Å²) in [6.07, 6.45) is -0.524. The van der Waals surface area contributed by atoms with Gasteiger partial charge >= 0.3 is 0 Å². The lowest BCUT2D eigenvalue weighted by molar-refractivity contribution is -0.122. The summed E-state index contributed by atoms with van der Waals surface area (Å²) in [4.78, 5) is 31.9. The summed E-state index contributed by atoms with van der Waals surface area (Å²) in [5.74, 6) is 1.41. The lowest BCUT2D eigenvalue weighted by Gasteiger charge is -2.23. The van der Waals surface area contributed by atoms with E-state index in [1.54, 1.807) is 25.1 Å². The van der Waals surface area contributed by atoms with Gasteiger partial charge in [-0.2, -0.15) is 0 Å². The van der Waals surface area contributed by atoms with Gasteiger partial charge in [0.2, 0.25) is 5.91 Å². The first-order valence-electron chi connectivity index (χ1n) is 8.97. The Labute approximate surface area is 166 Å². The van der Waals surface area contributed by atoms with Crippen molar-refractivity contribution in [1.29, 1.82) is 0 Å². The number of benzene rings is 2. The van der Waals surface area contributed by atoms with Crippen LogP contribution in [0.3, 0.4) is 0 Å². The number of amides is 2. The lowest BCUT2D eigenvalue weighted by atomic mass is 10.2. The number of para-hydroxylation sites is 2. The molecule has 7 nitrogen and oxygen atoms in total. The van der Waals surface area contributed by atoms with Gasteiger partial charge in [0.25, 0.3) is 5.91 Å². The van der Waals surface area contributed by atoms with Gasteiger partial charge in [0.05, 0.1) is 27.7 Å². The summed E-state index contributed by atoms with van der Waals surface area (Å²) >= 11 is 1.50. The minimum absolute atomic E-state index is 0.0517. The zero-order valence-corrected chi connectivity index (χ0v) is 16.3.